The Morgan fingerprint density at radius 1 is 0.451 bits per heavy atom. The average Bonchev–Trinajstić information content (AvgIpc) is 3.04. The Morgan fingerprint density at radius 3 is 1.39 bits per heavy atom. The fourth-order valence-corrected chi connectivity index (χ4v) is 8.01. The van der Waals surface area contributed by atoms with Crippen LogP contribution in [0.3, 0.4) is 0 Å². The molecule has 0 aliphatic carbocycles. The summed E-state index contributed by atoms with van der Waals surface area (Å²) >= 11 is 0. The number of aryl methyl sites for hydroxylation is 1. The molecule has 51 heavy (non-hydrogen) atoms. The molecule has 0 fully saturated rings. The smallest absolute Gasteiger partial charge is 0.252 e. The Morgan fingerprint density at radius 2 is 0.882 bits per heavy atom. The molecule has 0 N–H and O–H groups in total. The molecule has 0 amide bonds. The standard InChI is InChI=1S/C48H57BN2/c1-31-26-42-44-43(27-31)51(37-22-18-34(19-23-37)46(5,6)7)41-25-21-36(48(11,12)13)29-39(41)49(44)38-28-35(47(8,9)10)20-24-40(38)50(42)30-32-14-16-33(17-15-32)45(2,3)4/h14-29H,30H2,1-13H3. The molecule has 0 bridgehead atoms. The lowest BCUT2D eigenvalue weighted by Gasteiger charge is -2.45. The summed E-state index contributed by atoms with van der Waals surface area (Å²) in [6.07, 6.45) is 0. The van der Waals surface area contributed by atoms with Crippen LogP contribution in [-0.4, -0.2) is 6.71 Å². The second-order valence-corrected chi connectivity index (χ2v) is 19.4. The number of anilines is 5. The van der Waals surface area contributed by atoms with Crippen LogP contribution in [0.4, 0.5) is 28.4 Å². The van der Waals surface area contributed by atoms with Gasteiger partial charge in [0, 0.05) is 35.0 Å². The molecule has 2 nitrogen and oxygen atoms in total. The van der Waals surface area contributed by atoms with Crippen LogP contribution >= 0.6 is 0 Å². The molecular weight excluding hydrogens is 615 g/mol. The summed E-state index contributed by atoms with van der Waals surface area (Å²) in [5.41, 5.74) is 18.9. The van der Waals surface area contributed by atoms with Gasteiger partial charge in [0.2, 0.25) is 0 Å². The lowest BCUT2D eigenvalue weighted by Crippen LogP contribution is -2.62. The molecule has 2 aliphatic rings. The lowest BCUT2D eigenvalue weighted by molar-refractivity contribution is 0.589. The van der Waals surface area contributed by atoms with E-state index in [4.69, 9.17) is 0 Å². The molecule has 2 aliphatic heterocycles. The van der Waals surface area contributed by atoms with Crippen LogP contribution < -0.4 is 26.2 Å². The minimum absolute atomic E-state index is 0.0284. The summed E-state index contributed by atoms with van der Waals surface area (Å²) in [6.45, 7) is 31.0. The maximum atomic E-state index is 2.61. The second-order valence-electron chi connectivity index (χ2n) is 19.4. The highest BCUT2D eigenvalue weighted by atomic mass is 15.2. The Labute approximate surface area is 309 Å². The van der Waals surface area contributed by atoms with E-state index in [0.29, 0.717) is 0 Å². The molecule has 0 saturated heterocycles. The van der Waals surface area contributed by atoms with E-state index in [1.165, 1.54) is 78.2 Å². The molecule has 5 aromatic rings. The molecule has 3 heteroatoms. The second kappa shape index (κ2) is 11.9. The van der Waals surface area contributed by atoms with E-state index < -0.39 is 0 Å². The zero-order valence-corrected chi connectivity index (χ0v) is 33.4. The van der Waals surface area contributed by atoms with Crippen molar-refractivity contribution in [3.63, 3.8) is 0 Å². The first kappa shape index (κ1) is 35.2. The van der Waals surface area contributed by atoms with Crippen LogP contribution in [0.2, 0.25) is 0 Å². The highest BCUT2D eigenvalue weighted by Crippen LogP contribution is 2.44. The van der Waals surface area contributed by atoms with Gasteiger partial charge in [-0.3, -0.25) is 0 Å². The summed E-state index contributed by atoms with van der Waals surface area (Å²) in [4.78, 5) is 5.15. The number of hydrogen-bond acceptors (Lipinski definition) is 2. The number of fused-ring (bicyclic) bond motifs is 4. The van der Waals surface area contributed by atoms with E-state index in [9.17, 15) is 0 Å². The average molecular weight is 673 g/mol. The van der Waals surface area contributed by atoms with E-state index in [2.05, 4.69) is 197 Å². The Bertz CT molecular complexity index is 2110. The van der Waals surface area contributed by atoms with E-state index in [1.54, 1.807) is 0 Å². The van der Waals surface area contributed by atoms with Gasteiger partial charge in [0.05, 0.1) is 0 Å². The highest BCUT2D eigenvalue weighted by molar-refractivity contribution is 7.00. The van der Waals surface area contributed by atoms with Crippen molar-refractivity contribution in [1.82, 2.24) is 0 Å². The largest absolute Gasteiger partial charge is 0.338 e. The maximum absolute atomic E-state index is 2.61. The molecule has 0 aromatic heterocycles. The first-order valence-electron chi connectivity index (χ1n) is 18.9. The molecule has 0 unspecified atom stereocenters. The fraction of sp³-hybridized carbons (Fsp3) is 0.375. The van der Waals surface area contributed by atoms with Gasteiger partial charge in [-0.2, -0.15) is 0 Å². The van der Waals surface area contributed by atoms with Crippen LogP contribution in [-0.2, 0) is 28.2 Å². The van der Waals surface area contributed by atoms with Crippen LogP contribution in [0.5, 0.6) is 0 Å². The van der Waals surface area contributed by atoms with E-state index >= 15 is 0 Å². The zero-order valence-electron chi connectivity index (χ0n) is 33.4. The van der Waals surface area contributed by atoms with Gasteiger partial charge in [0.15, 0.2) is 0 Å². The van der Waals surface area contributed by atoms with Gasteiger partial charge >= 0.3 is 0 Å². The molecule has 0 saturated carbocycles. The third-order valence-corrected chi connectivity index (χ3v) is 11.2. The van der Waals surface area contributed by atoms with Gasteiger partial charge in [0.25, 0.3) is 6.71 Å². The number of hydrogen-bond donors (Lipinski definition) is 0. The number of nitrogens with zero attached hydrogens (tertiary/aromatic N) is 2. The molecule has 0 radical (unpaired) electrons. The van der Waals surface area contributed by atoms with Crippen LogP contribution in [0, 0.1) is 6.92 Å². The molecule has 7 rings (SSSR count). The Kier molecular flexibility index (Phi) is 8.21. The van der Waals surface area contributed by atoms with Gasteiger partial charge in [-0.1, -0.05) is 144 Å². The molecule has 0 atom stereocenters. The Balaban J connectivity index is 1.51. The van der Waals surface area contributed by atoms with E-state index in [-0.39, 0.29) is 28.4 Å². The minimum Gasteiger partial charge on any atom is -0.338 e. The summed E-state index contributed by atoms with van der Waals surface area (Å²) in [7, 11) is 0. The SMILES string of the molecule is Cc1cc2c3c(c1)N(c1ccc(C(C)(C)C)cc1)c1ccc(C(C)(C)C)cc1B3c1cc(C(C)(C)C)ccc1N2Cc1ccc(C(C)(C)C)cc1. The van der Waals surface area contributed by atoms with E-state index in [1.807, 2.05) is 0 Å². The van der Waals surface area contributed by atoms with Gasteiger partial charge in [-0.15, -0.1) is 0 Å². The summed E-state index contributed by atoms with van der Waals surface area (Å²) in [6, 6.07) is 38.1. The van der Waals surface area contributed by atoms with Gasteiger partial charge in [-0.25, -0.2) is 0 Å². The van der Waals surface area contributed by atoms with Crippen molar-refractivity contribution in [2.24, 2.45) is 0 Å². The molecular formula is C48H57BN2. The lowest BCUT2D eigenvalue weighted by atomic mass is 9.33. The molecule has 0 spiro atoms. The normalized spacial score (nSPS) is 14.3. The molecule has 2 heterocycles. The molecule has 262 valence electrons. The predicted molar refractivity (Wildman–Crippen MR) is 224 cm³/mol. The van der Waals surface area contributed by atoms with E-state index in [0.717, 1.165) is 6.54 Å². The topological polar surface area (TPSA) is 6.48 Å². The van der Waals surface area contributed by atoms with Crippen molar-refractivity contribution in [1.29, 1.82) is 0 Å². The van der Waals surface area contributed by atoms with Crippen LogP contribution in [0.25, 0.3) is 0 Å². The van der Waals surface area contributed by atoms with Gasteiger partial charge in [-0.05, 0) is 115 Å². The fourth-order valence-electron chi connectivity index (χ4n) is 8.01. The van der Waals surface area contributed by atoms with Gasteiger partial charge in [0.1, 0.15) is 0 Å². The first-order valence-corrected chi connectivity index (χ1v) is 18.9. The first-order chi connectivity index (χ1) is 23.7. The Hall–Kier alpha value is -4.24. The van der Waals surface area contributed by atoms with Crippen molar-refractivity contribution in [3.8, 4) is 0 Å². The number of rotatable bonds is 3. The third kappa shape index (κ3) is 6.32. The predicted octanol–water partition coefficient (Wildman–Crippen LogP) is 11.1. The third-order valence-electron chi connectivity index (χ3n) is 11.2. The monoisotopic (exact) mass is 672 g/mol. The van der Waals surface area contributed by atoms with Crippen molar-refractivity contribution >= 4 is 51.5 Å². The van der Waals surface area contributed by atoms with Crippen molar-refractivity contribution in [3.05, 3.63) is 130 Å². The summed E-state index contributed by atoms with van der Waals surface area (Å²) in [5, 5.41) is 0. The summed E-state index contributed by atoms with van der Waals surface area (Å²) < 4.78 is 0. The minimum atomic E-state index is 0.0284. The van der Waals surface area contributed by atoms with Crippen molar-refractivity contribution < 1.29 is 0 Å². The number of benzene rings is 5. The van der Waals surface area contributed by atoms with Crippen LogP contribution in [0.1, 0.15) is 116 Å². The quantitative estimate of drug-likeness (QED) is 0.173. The highest BCUT2D eigenvalue weighted by Gasteiger charge is 2.44. The van der Waals surface area contributed by atoms with Gasteiger partial charge < -0.3 is 9.80 Å². The zero-order chi connectivity index (χ0) is 36.8. The van der Waals surface area contributed by atoms with Crippen molar-refractivity contribution in [2.75, 3.05) is 9.80 Å². The maximum Gasteiger partial charge on any atom is 0.252 e. The molecule has 5 aromatic carbocycles. The summed E-state index contributed by atoms with van der Waals surface area (Å²) in [5.74, 6) is 0. The van der Waals surface area contributed by atoms with Crippen molar-refractivity contribution in [2.45, 2.75) is 118 Å². The van der Waals surface area contributed by atoms with Crippen LogP contribution in [0.15, 0.2) is 97.1 Å².